The molecule has 0 aliphatic heterocycles. The van der Waals surface area contributed by atoms with Crippen molar-refractivity contribution in [2.24, 2.45) is 0 Å². The lowest BCUT2D eigenvalue weighted by molar-refractivity contribution is 1.18. The van der Waals surface area contributed by atoms with E-state index in [1.165, 1.54) is 93.5 Å². The Balaban J connectivity index is 0.939. The maximum atomic E-state index is 4.76. The van der Waals surface area contributed by atoms with E-state index in [9.17, 15) is 0 Å². The van der Waals surface area contributed by atoms with Crippen LogP contribution in [0.5, 0.6) is 0 Å². The van der Waals surface area contributed by atoms with Gasteiger partial charge in [-0.25, -0.2) is 0 Å². The third kappa shape index (κ3) is 5.36. The van der Waals surface area contributed by atoms with Crippen molar-refractivity contribution in [1.82, 2.24) is 14.5 Å². The van der Waals surface area contributed by atoms with Gasteiger partial charge in [-0.05, 0) is 115 Å². The van der Waals surface area contributed by atoms with Gasteiger partial charge in [0.1, 0.15) is 0 Å². The van der Waals surface area contributed by atoms with Crippen molar-refractivity contribution in [1.29, 1.82) is 0 Å². The SMILES string of the molecule is c1ccc(-n2c3ccccc3c3cc(-c4cccc(-c5cccc6c(-c7cccc(-c8ccc9c(c8)c8ccccc8c8nccnc98)c7)cccc56)c4)ccc32)cc1. The summed E-state index contributed by atoms with van der Waals surface area (Å²) in [6.07, 6.45) is 3.56. The Hall–Kier alpha value is -7.88. The lowest BCUT2D eigenvalue weighted by Gasteiger charge is -2.14. The predicted molar refractivity (Wildman–Crippen MR) is 248 cm³/mol. The van der Waals surface area contributed by atoms with Gasteiger partial charge in [0.05, 0.1) is 22.1 Å². The maximum Gasteiger partial charge on any atom is 0.0971 e. The molecule has 2 heterocycles. The van der Waals surface area contributed by atoms with Gasteiger partial charge in [0.25, 0.3) is 0 Å². The Bertz CT molecular complexity index is 3580. The summed E-state index contributed by atoms with van der Waals surface area (Å²) in [5.74, 6) is 0. The summed E-state index contributed by atoms with van der Waals surface area (Å²) in [5, 5.41) is 9.60. The van der Waals surface area contributed by atoms with Crippen LogP contribution >= 0.6 is 0 Å². The van der Waals surface area contributed by atoms with E-state index in [2.05, 4.69) is 205 Å². The molecule has 0 fully saturated rings. The molecule has 12 aromatic rings. The van der Waals surface area contributed by atoms with Gasteiger partial charge in [-0.1, -0.05) is 152 Å². The van der Waals surface area contributed by atoms with Gasteiger partial charge in [0.15, 0.2) is 0 Å². The van der Waals surface area contributed by atoms with Gasteiger partial charge in [-0.2, -0.15) is 0 Å². The van der Waals surface area contributed by atoms with Crippen LogP contribution in [0.25, 0.3) is 115 Å². The van der Waals surface area contributed by atoms with Gasteiger partial charge in [-0.3, -0.25) is 9.97 Å². The van der Waals surface area contributed by atoms with E-state index < -0.39 is 0 Å². The minimum absolute atomic E-state index is 0.937. The van der Waals surface area contributed by atoms with E-state index >= 15 is 0 Å². The fourth-order valence-electron chi connectivity index (χ4n) is 9.36. The average Bonchev–Trinajstić information content (AvgIpc) is 3.65. The van der Waals surface area contributed by atoms with Crippen molar-refractivity contribution < 1.29 is 0 Å². The van der Waals surface area contributed by atoms with E-state index in [4.69, 9.17) is 9.97 Å². The fourth-order valence-corrected chi connectivity index (χ4v) is 9.36. The molecule has 59 heavy (non-hydrogen) atoms. The maximum absolute atomic E-state index is 4.76. The molecular formula is C56H35N3. The normalized spacial score (nSPS) is 11.7. The van der Waals surface area contributed by atoms with Crippen LogP contribution in [0.2, 0.25) is 0 Å². The van der Waals surface area contributed by atoms with Crippen LogP contribution in [-0.2, 0) is 0 Å². The summed E-state index contributed by atoms with van der Waals surface area (Å²) in [7, 11) is 0. The summed E-state index contributed by atoms with van der Waals surface area (Å²) in [6, 6.07) is 72.9. The number of nitrogens with zero attached hydrogens (tertiary/aromatic N) is 3. The monoisotopic (exact) mass is 749 g/mol. The molecule has 0 unspecified atom stereocenters. The molecule has 0 amide bonds. The molecule has 2 aromatic heterocycles. The van der Waals surface area contributed by atoms with E-state index in [1.54, 1.807) is 12.4 Å². The zero-order valence-corrected chi connectivity index (χ0v) is 32.0. The molecule has 3 nitrogen and oxygen atoms in total. The first-order chi connectivity index (χ1) is 29.3. The Labute approximate surface area is 341 Å². The Morgan fingerprint density at radius 3 is 1.42 bits per heavy atom. The third-order valence-corrected chi connectivity index (χ3v) is 12.1. The van der Waals surface area contributed by atoms with Crippen LogP contribution in [0.4, 0.5) is 0 Å². The highest BCUT2D eigenvalue weighted by Crippen LogP contribution is 2.40. The lowest BCUT2D eigenvalue weighted by atomic mass is 9.90. The number of fused-ring (bicyclic) bond motifs is 10. The molecule has 0 spiro atoms. The van der Waals surface area contributed by atoms with Gasteiger partial charge >= 0.3 is 0 Å². The molecule has 0 saturated heterocycles. The number of aromatic nitrogens is 3. The van der Waals surface area contributed by atoms with Crippen molar-refractivity contribution in [3.8, 4) is 50.2 Å². The van der Waals surface area contributed by atoms with Gasteiger partial charge < -0.3 is 4.57 Å². The van der Waals surface area contributed by atoms with Crippen LogP contribution < -0.4 is 0 Å². The van der Waals surface area contributed by atoms with Crippen LogP contribution in [-0.4, -0.2) is 14.5 Å². The van der Waals surface area contributed by atoms with E-state index in [0.717, 1.165) is 21.8 Å². The molecule has 0 aliphatic carbocycles. The molecule has 0 aliphatic rings. The standard InChI is InChI=1S/C56H35N3/c1-2-16-42(17-3-1)59-53-25-7-6-19-48(53)52-35-39(27-29-54(52)59)37-13-9-15-41(33-37)44-22-11-23-45-43(21-10-24-46(44)45)40-14-8-12-36(32-40)38-26-28-50-51(34-38)47-18-4-5-20-49(47)55-56(50)58-31-30-57-55/h1-35H. The van der Waals surface area contributed by atoms with E-state index in [1.807, 2.05) is 0 Å². The molecule has 3 heteroatoms. The highest BCUT2D eigenvalue weighted by atomic mass is 15.0. The molecular weight excluding hydrogens is 715 g/mol. The second kappa shape index (κ2) is 13.4. The predicted octanol–water partition coefficient (Wildman–Crippen LogP) is 14.9. The first-order valence-corrected chi connectivity index (χ1v) is 20.1. The molecule has 10 aromatic carbocycles. The van der Waals surface area contributed by atoms with Gasteiger partial charge in [0, 0.05) is 39.6 Å². The Morgan fingerprint density at radius 2 is 0.746 bits per heavy atom. The Morgan fingerprint density at radius 1 is 0.271 bits per heavy atom. The molecule has 0 N–H and O–H groups in total. The number of benzene rings is 10. The molecule has 12 rings (SSSR count). The molecule has 0 radical (unpaired) electrons. The second-order valence-electron chi connectivity index (χ2n) is 15.3. The minimum Gasteiger partial charge on any atom is -0.309 e. The first-order valence-electron chi connectivity index (χ1n) is 20.1. The number of rotatable bonds is 5. The minimum atomic E-state index is 0.937. The summed E-state index contributed by atoms with van der Waals surface area (Å²) in [6.45, 7) is 0. The smallest absolute Gasteiger partial charge is 0.0971 e. The Kier molecular flexibility index (Phi) is 7.54. The third-order valence-electron chi connectivity index (χ3n) is 12.1. The summed E-state index contributed by atoms with van der Waals surface area (Å²) in [4.78, 5) is 9.48. The van der Waals surface area contributed by atoms with Crippen molar-refractivity contribution in [3.05, 3.63) is 213 Å². The summed E-state index contributed by atoms with van der Waals surface area (Å²) < 4.78 is 2.37. The number of para-hydroxylation sites is 2. The van der Waals surface area contributed by atoms with Crippen LogP contribution in [0, 0.1) is 0 Å². The highest BCUT2D eigenvalue weighted by molar-refractivity contribution is 6.23. The quantitative estimate of drug-likeness (QED) is 0.164. The molecule has 274 valence electrons. The van der Waals surface area contributed by atoms with Gasteiger partial charge in [-0.15, -0.1) is 0 Å². The van der Waals surface area contributed by atoms with Crippen LogP contribution in [0.15, 0.2) is 213 Å². The van der Waals surface area contributed by atoms with Crippen molar-refractivity contribution in [2.45, 2.75) is 0 Å². The molecule has 0 atom stereocenters. The number of hydrogen-bond acceptors (Lipinski definition) is 2. The zero-order chi connectivity index (χ0) is 38.9. The van der Waals surface area contributed by atoms with Crippen LogP contribution in [0.1, 0.15) is 0 Å². The van der Waals surface area contributed by atoms with Crippen molar-refractivity contribution in [2.75, 3.05) is 0 Å². The van der Waals surface area contributed by atoms with E-state index in [0.29, 0.717) is 0 Å². The molecule has 0 saturated carbocycles. The first kappa shape index (κ1) is 33.3. The summed E-state index contributed by atoms with van der Waals surface area (Å²) in [5.41, 5.74) is 15.1. The van der Waals surface area contributed by atoms with Crippen molar-refractivity contribution in [3.63, 3.8) is 0 Å². The summed E-state index contributed by atoms with van der Waals surface area (Å²) >= 11 is 0. The van der Waals surface area contributed by atoms with Crippen molar-refractivity contribution >= 4 is 65.2 Å². The fraction of sp³-hybridized carbons (Fsp3) is 0. The zero-order valence-electron chi connectivity index (χ0n) is 32.0. The topological polar surface area (TPSA) is 30.7 Å². The average molecular weight is 750 g/mol. The van der Waals surface area contributed by atoms with Crippen LogP contribution in [0.3, 0.4) is 0 Å². The van der Waals surface area contributed by atoms with E-state index in [-0.39, 0.29) is 0 Å². The van der Waals surface area contributed by atoms with Gasteiger partial charge in [0.2, 0.25) is 0 Å². The number of hydrogen-bond donors (Lipinski definition) is 0. The largest absolute Gasteiger partial charge is 0.309 e. The second-order valence-corrected chi connectivity index (χ2v) is 15.3. The highest BCUT2D eigenvalue weighted by Gasteiger charge is 2.16. The lowest BCUT2D eigenvalue weighted by Crippen LogP contribution is -1.92. The molecule has 0 bridgehead atoms.